The van der Waals surface area contributed by atoms with Crippen LogP contribution in [0.25, 0.3) is 122 Å². The van der Waals surface area contributed by atoms with Crippen molar-refractivity contribution in [3.63, 3.8) is 0 Å². The number of fused-ring (bicyclic) bond motifs is 9. The van der Waals surface area contributed by atoms with Gasteiger partial charge in [-0.25, -0.2) is 15.0 Å². The number of hydrogen-bond acceptors (Lipinski definition) is 5. The molecule has 0 atom stereocenters. The van der Waals surface area contributed by atoms with Gasteiger partial charge >= 0.3 is 0 Å². The zero-order chi connectivity index (χ0) is 43.0. The average Bonchev–Trinajstić information content (AvgIpc) is 4.01. The molecule has 0 saturated carbocycles. The van der Waals surface area contributed by atoms with Crippen molar-refractivity contribution in [1.29, 1.82) is 5.26 Å². The molecule has 0 bridgehead atoms. The molecule has 0 unspecified atom stereocenters. The quantitative estimate of drug-likeness (QED) is 0.167. The summed E-state index contributed by atoms with van der Waals surface area (Å²) in [4.78, 5) is 15.1. The minimum absolute atomic E-state index is 0.480. The minimum Gasteiger partial charge on any atom is -0.456 e. The minimum atomic E-state index is 0.480. The molecule has 0 saturated heterocycles. The van der Waals surface area contributed by atoms with E-state index in [-0.39, 0.29) is 0 Å². The van der Waals surface area contributed by atoms with Crippen molar-refractivity contribution >= 4 is 65.6 Å². The fourth-order valence-corrected chi connectivity index (χ4v) is 9.59. The molecule has 0 aliphatic carbocycles. The second kappa shape index (κ2) is 14.5. The van der Waals surface area contributed by atoms with E-state index in [0.717, 1.165) is 93.8 Å². The fourth-order valence-electron chi connectivity index (χ4n) is 9.59. The lowest BCUT2D eigenvalue weighted by molar-refractivity contribution is 0.670. The van der Waals surface area contributed by atoms with E-state index in [0.29, 0.717) is 28.6 Å². The van der Waals surface area contributed by atoms with Crippen LogP contribution >= 0.6 is 0 Å². The zero-order valence-electron chi connectivity index (χ0n) is 34.7. The highest BCUT2D eigenvalue weighted by atomic mass is 16.3. The maximum Gasteiger partial charge on any atom is 0.164 e. The van der Waals surface area contributed by atoms with E-state index >= 15 is 0 Å². The monoisotopic (exact) mass is 830 g/mol. The lowest BCUT2D eigenvalue weighted by atomic mass is 10.0. The van der Waals surface area contributed by atoms with E-state index in [2.05, 4.69) is 137 Å². The Morgan fingerprint density at radius 3 is 1.58 bits per heavy atom. The van der Waals surface area contributed by atoms with Crippen LogP contribution in [0.15, 0.2) is 211 Å². The number of rotatable bonds is 6. The second-order valence-corrected chi connectivity index (χ2v) is 16.3. The van der Waals surface area contributed by atoms with Gasteiger partial charge in [0, 0.05) is 60.8 Å². The number of aromatic nitrogens is 5. The van der Waals surface area contributed by atoms with Crippen LogP contribution in [-0.4, -0.2) is 24.1 Å². The summed E-state index contributed by atoms with van der Waals surface area (Å²) in [5, 5.41) is 17.5. The molecule has 0 fully saturated rings. The van der Waals surface area contributed by atoms with Crippen LogP contribution in [0.2, 0.25) is 0 Å². The van der Waals surface area contributed by atoms with Crippen LogP contribution in [0.5, 0.6) is 0 Å². The lowest BCUT2D eigenvalue weighted by Gasteiger charge is -2.13. The molecule has 0 amide bonds. The largest absolute Gasteiger partial charge is 0.456 e. The highest BCUT2D eigenvalue weighted by molar-refractivity contribution is 6.21. The van der Waals surface area contributed by atoms with Crippen LogP contribution in [0, 0.1) is 11.3 Å². The highest BCUT2D eigenvalue weighted by Crippen LogP contribution is 2.42. The van der Waals surface area contributed by atoms with E-state index in [1.165, 1.54) is 5.39 Å². The zero-order valence-corrected chi connectivity index (χ0v) is 34.7. The first-order valence-corrected chi connectivity index (χ1v) is 21.6. The van der Waals surface area contributed by atoms with Gasteiger partial charge in [-0.15, -0.1) is 0 Å². The molecule has 0 radical (unpaired) electrons. The Morgan fingerprint density at radius 2 is 0.877 bits per heavy atom. The molecule has 0 spiro atoms. The van der Waals surface area contributed by atoms with Crippen molar-refractivity contribution < 1.29 is 4.42 Å². The standard InChI is InChI=1S/C58H34N6O/c59-35-41-30-40(58-61-56(37-17-6-2-7-18-37)60-57(62-58)39-20-14-19-38(29-39)36-15-4-1-5-16-36)27-28-49(41)64-51-26-13-11-23-43(51)45-31-47-48-32-52-46(33-54(48)65-55(47)34-53(45)64)44-24-10-12-25-50(44)63(52)42-21-8-3-9-22-42/h1-34H. The molecule has 4 aromatic heterocycles. The van der Waals surface area contributed by atoms with Crippen molar-refractivity contribution in [2.75, 3.05) is 0 Å². The number of furan rings is 1. The van der Waals surface area contributed by atoms with Crippen LogP contribution in [0.1, 0.15) is 5.56 Å². The van der Waals surface area contributed by atoms with E-state index in [4.69, 9.17) is 19.4 Å². The van der Waals surface area contributed by atoms with Gasteiger partial charge in [-0.1, -0.05) is 133 Å². The molecule has 9 aromatic carbocycles. The van der Waals surface area contributed by atoms with E-state index in [1.807, 2.05) is 84.9 Å². The normalized spacial score (nSPS) is 11.7. The third kappa shape index (κ3) is 5.86. The summed E-state index contributed by atoms with van der Waals surface area (Å²) in [5.74, 6) is 1.58. The summed E-state index contributed by atoms with van der Waals surface area (Å²) in [5.41, 5.74) is 12.8. The van der Waals surface area contributed by atoms with Gasteiger partial charge in [0.2, 0.25) is 0 Å². The maximum absolute atomic E-state index is 10.9. The van der Waals surface area contributed by atoms with Crippen molar-refractivity contribution in [3.05, 3.63) is 212 Å². The van der Waals surface area contributed by atoms with Crippen molar-refractivity contribution in [3.8, 4) is 62.7 Å². The third-order valence-electron chi connectivity index (χ3n) is 12.6. The summed E-state index contributed by atoms with van der Waals surface area (Å²) in [6.45, 7) is 0. The molecule has 0 aliphatic heterocycles. The molecular formula is C58H34N6O. The maximum atomic E-state index is 10.9. The average molecular weight is 831 g/mol. The molecule has 7 nitrogen and oxygen atoms in total. The predicted octanol–water partition coefficient (Wildman–Crippen LogP) is 14.5. The van der Waals surface area contributed by atoms with Crippen LogP contribution < -0.4 is 0 Å². The topological polar surface area (TPSA) is 85.5 Å². The van der Waals surface area contributed by atoms with Gasteiger partial charge in [0.1, 0.15) is 17.2 Å². The number of benzene rings is 9. The lowest BCUT2D eigenvalue weighted by Crippen LogP contribution is -2.02. The summed E-state index contributed by atoms with van der Waals surface area (Å²) in [6, 6.07) is 73.2. The molecule has 4 heterocycles. The molecule has 7 heteroatoms. The molecule has 0 N–H and O–H groups in total. The summed E-state index contributed by atoms with van der Waals surface area (Å²) < 4.78 is 11.3. The van der Waals surface area contributed by atoms with Gasteiger partial charge in [0.05, 0.1) is 33.3 Å². The molecular weight excluding hydrogens is 797 g/mol. The van der Waals surface area contributed by atoms with Gasteiger partial charge < -0.3 is 13.6 Å². The van der Waals surface area contributed by atoms with Crippen molar-refractivity contribution in [1.82, 2.24) is 24.1 Å². The van der Waals surface area contributed by atoms with E-state index < -0.39 is 0 Å². The number of nitrogens with zero attached hydrogens (tertiary/aromatic N) is 6. The van der Waals surface area contributed by atoms with Crippen LogP contribution in [0.4, 0.5) is 0 Å². The first-order chi connectivity index (χ1) is 32.2. The molecule has 302 valence electrons. The van der Waals surface area contributed by atoms with Gasteiger partial charge in [-0.2, -0.15) is 5.26 Å². The number of para-hydroxylation sites is 3. The summed E-state index contributed by atoms with van der Waals surface area (Å²) in [6.07, 6.45) is 0. The summed E-state index contributed by atoms with van der Waals surface area (Å²) >= 11 is 0. The fraction of sp³-hybridized carbons (Fsp3) is 0. The Hall–Kier alpha value is -9.12. The van der Waals surface area contributed by atoms with Gasteiger partial charge in [0.15, 0.2) is 17.5 Å². The molecule has 0 aliphatic rings. The second-order valence-electron chi connectivity index (χ2n) is 16.3. The molecule has 13 rings (SSSR count). The molecule has 13 aromatic rings. The predicted molar refractivity (Wildman–Crippen MR) is 262 cm³/mol. The van der Waals surface area contributed by atoms with Crippen LogP contribution in [-0.2, 0) is 0 Å². The van der Waals surface area contributed by atoms with E-state index in [9.17, 15) is 5.26 Å². The first-order valence-electron chi connectivity index (χ1n) is 21.6. The number of nitriles is 1. The highest BCUT2D eigenvalue weighted by Gasteiger charge is 2.22. The Morgan fingerprint density at radius 1 is 0.354 bits per heavy atom. The molecule has 65 heavy (non-hydrogen) atoms. The third-order valence-corrected chi connectivity index (χ3v) is 12.6. The first kappa shape index (κ1) is 36.5. The van der Waals surface area contributed by atoms with Crippen molar-refractivity contribution in [2.45, 2.75) is 0 Å². The van der Waals surface area contributed by atoms with Gasteiger partial charge in [-0.3, -0.25) is 0 Å². The van der Waals surface area contributed by atoms with Gasteiger partial charge in [-0.05, 0) is 77.9 Å². The Labute approximate surface area is 372 Å². The van der Waals surface area contributed by atoms with Crippen LogP contribution in [0.3, 0.4) is 0 Å². The Kier molecular flexibility index (Phi) is 8.14. The summed E-state index contributed by atoms with van der Waals surface area (Å²) in [7, 11) is 0. The SMILES string of the molecule is N#Cc1cc(-c2nc(-c3ccccc3)nc(-c3cccc(-c4ccccc4)c3)n2)ccc1-n1c2ccccc2c2cc3c(cc21)oc1cc2c4ccccc4n(-c4ccccc4)c2cc13. The van der Waals surface area contributed by atoms with Crippen molar-refractivity contribution in [2.24, 2.45) is 0 Å². The number of hydrogen-bond donors (Lipinski definition) is 0. The van der Waals surface area contributed by atoms with Gasteiger partial charge in [0.25, 0.3) is 0 Å². The Balaban J connectivity index is 0.978. The smallest absolute Gasteiger partial charge is 0.164 e. The van der Waals surface area contributed by atoms with E-state index in [1.54, 1.807) is 0 Å². The Bertz CT molecular complexity index is 4070.